The first kappa shape index (κ1) is 16.1. The van der Waals surface area contributed by atoms with Gasteiger partial charge in [-0.2, -0.15) is 5.26 Å². The third-order valence-corrected chi connectivity index (χ3v) is 3.95. The van der Waals surface area contributed by atoms with Crippen LogP contribution in [0.3, 0.4) is 0 Å². The Morgan fingerprint density at radius 3 is 2.27 bits per heavy atom. The van der Waals surface area contributed by atoms with Crippen molar-refractivity contribution in [3.05, 3.63) is 64.7 Å². The molecule has 2 nitrogen and oxygen atoms in total. The third kappa shape index (κ3) is 3.69. The minimum Gasteiger partial charge on any atom is -0.372 e. The Kier molecular flexibility index (Phi) is 5.63. The number of hydrogen-bond donors (Lipinski definition) is 0. The molecule has 0 atom stereocenters. The van der Waals surface area contributed by atoms with Crippen molar-refractivity contribution in [2.24, 2.45) is 0 Å². The number of nitriles is 1. The van der Waals surface area contributed by atoms with Crippen LogP contribution in [0.25, 0.3) is 11.6 Å². The van der Waals surface area contributed by atoms with Crippen molar-refractivity contribution in [2.75, 3.05) is 18.0 Å². The van der Waals surface area contributed by atoms with Crippen LogP contribution in [0.4, 0.5) is 5.69 Å². The lowest BCUT2D eigenvalue weighted by Crippen LogP contribution is -2.21. The molecule has 0 amide bonds. The van der Waals surface area contributed by atoms with Gasteiger partial charge in [0.2, 0.25) is 0 Å². The van der Waals surface area contributed by atoms with Crippen LogP contribution in [0.5, 0.6) is 0 Å². The SMILES string of the molecule is CCN(CC)c1ccc(C=C(C#N)c2ccccc2Cl)cc1. The van der Waals surface area contributed by atoms with Crippen molar-refractivity contribution < 1.29 is 0 Å². The highest BCUT2D eigenvalue weighted by molar-refractivity contribution is 6.32. The van der Waals surface area contributed by atoms with Gasteiger partial charge in [-0.25, -0.2) is 0 Å². The first-order chi connectivity index (χ1) is 10.7. The van der Waals surface area contributed by atoms with Crippen LogP contribution in [0.15, 0.2) is 48.5 Å². The summed E-state index contributed by atoms with van der Waals surface area (Å²) in [6.07, 6.45) is 1.87. The van der Waals surface area contributed by atoms with E-state index >= 15 is 0 Å². The molecule has 0 bridgehead atoms. The highest BCUT2D eigenvalue weighted by atomic mass is 35.5. The number of rotatable bonds is 5. The van der Waals surface area contributed by atoms with Gasteiger partial charge in [-0.05, 0) is 43.7 Å². The van der Waals surface area contributed by atoms with Gasteiger partial charge in [0.15, 0.2) is 0 Å². The van der Waals surface area contributed by atoms with E-state index < -0.39 is 0 Å². The molecule has 0 N–H and O–H groups in total. The smallest absolute Gasteiger partial charge is 0.0998 e. The van der Waals surface area contributed by atoms with Crippen LogP contribution in [-0.4, -0.2) is 13.1 Å². The predicted molar refractivity (Wildman–Crippen MR) is 94.9 cm³/mol. The summed E-state index contributed by atoms with van der Waals surface area (Å²) in [6.45, 7) is 6.24. The molecule has 0 spiro atoms. The van der Waals surface area contributed by atoms with Crippen molar-refractivity contribution >= 4 is 28.9 Å². The number of halogens is 1. The topological polar surface area (TPSA) is 27.0 Å². The third-order valence-electron chi connectivity index (χ3n) is 3.62. The van der Waals surface area contributed by atoms with Crippen LogP contribution in [0.1, 0.15) is 25.0 Å². The number of allylic oxidation sites excluding steroid dienone is 1. The van der Waals surface area contributed by atoms with Crippen LogP contribution < -0.4 is 4.90 Å². The number of nitrogens with zero attached hydrogens (tertiary/aromatic N) is 2. The zero-order valence-corrected chi connectivity index (χ0v) is 13.6. The molecule has 0 saturated heterocycles. The maximum absolute atomic E-state index is 9.40. The van der Waals surface area contributed by atoms with Crippen LogP contribution in [-0.2, 0) is 0 Å². The average molecular weight is 311 g/mol. The highest BCUT2D eigenvalue weighted by Crippen LogP contribution is 2.25. The largest absolute Gasteiger partial charge is 0.372 e. The van der Waals surface area contributed by atoms with E-state index in [0.717, 1.165) is 24.2 Å². The molecule has 0 fully saturated rings. The Morgan fingerprint density at radius 1 is 1.09 bits per heavy atom. The normalized spacial score (nSPS) is 11.1. The molecular formula is C19H19ClN2. The first-order valence-electron chi connectivity index (χ1n) is 7.41. The minimum absolute atomic E-state index is 0.571. The summed E-state index contributed by atoms with van der Waals surface area (Å²) in [4.78, 5) is 2.28. The van der Waals surface area contributed by atoms with Gasteiger partial charge in [0.25, 0.3) is 0 Å². The molecule has 0 aromatic heterocycles. The minimum atomic E-state index is 0.571. The van der Waals surface area contributed by atoms with E-state index in [0.29, 0.717) is 10.6 Å². The van der Waals surface area contributed by atoms with Crippen molar-refractivity contribution in [1.29, 1.82) is 5.26 Å². The lowest BCUT2D eigenvalue weighted by molar-refractivity contribution is 0.866. The maximum atomic E-state index is 9.40. The van der Waals surface area contributed by atoms with E-state index in [1.54, 1.807) is 6.07 Å². The molecule has 0 aliphatic carbocycles. The summed E-state index contributed by atoms with van der Waals surface area (Å²) in [5.74, 6) is 0. The standard InChI is InChI=1S/C19H19ClN2/c1-3-22(4-2)17-11-9-15(10-12-17)13-16(14-21)18-7-5-6-8-19(18)20/h5-13H,3-4H2,1-2H3. The van der Waals surface area contributed by atoms with Gasteiger partial charge in [0.1, 0.15) is 0 Å². The molecule has 2 rings (SSSR count). The molecule has 0 radical (unpaired) electrons. The van der Waals surface area contributed by atoms with Crippen molar-refractivity contribution in [2.45, 2.75) is 13.8 Å². The second-order valence-corrected chi connectivity index (χ2v) is 5.32. The van der Waals surface area contributed by atoms with Gasteiger partial charge in [-0.1, -0.05) is 41.9 Å². The van der Waals surface area contributed by atoms with Crippen LogP contribution >= 0.6 is 11.6 Å². The van der Waals surface area contributed by atoms with Gasteiger partial charge in [0, 0.05) is 29.4 Å². The summed E-state index contributed by atoms with van der Waals surface area (Å²) < 4.78 is 0. The Bertz CT molecular complexity index is 692. The molecule has 3 heteroatoms. The monoisotopic (exact) mass is 310 g/mol. The van der Waals surface area contributed by atoms with Crippen molar-refractivity contribution in [1.82, 2.24) is 0 Å². The van der Waals surface area contributed by atoms with E-state index in [1.165, 1.54) is 5.69 Å². The zero-order chi connectivity index (χ0) is 15.9. The number of anilines is 1. The second kappa shape index (κ2) is 7.68. The van der Waals surface area contributed by atoms with Crippen LogP contribution in [0.2, 0.25) is 5.02 Å². The quantitative estimate of drug-likeness (QED) is 0.557. The fraction of sp³-hybridized carbons (Fsp3) is 0.211. The Labute approximate surface area is 137 Å². The van der Waals surface area contributed by atoms with Crippen molar-refractivity contribution in [3.8, 4) is 6.07 Å². The summed E-state index contributed by atoms with van der Waals surface area (Å²) in [7, 11) is 0. The second-order valence-electron chi connectivity index (χ2n) is 4.91. The predicted octanol–water partition coefficient (Wildman–Crippen LogP) is 5.25. The summed E-state index contributed by atoms with van der Waals surface area (Å²) in [5, 5.41) is 9.99. The summed E-state index contributed by atoms with van der Waals surface area (Å²) in [5.41, 5.74) is 3.52. The molecule has 0 aliphatic rings. The fourth-order valence-electron chi connectivity index (χ4n) is 2.39. The van der Waals surface area contributed by atoms with Crippen molar-refractivity contribution in [3.63, 3.8) is 0 Å². The Balaban J connectivity index is 2.32. The van der Waals surface area contributed by atoms with E-state index in [2.05, 4.69) is 36.9 Å². The molecule has 112 valence electrons. The molecule has 2 aromatic rings. The molecule has 0 heterocycles. The van der Waals surface area contributed by atoms with E-state index in [4.69, 9.17) is 11.6 Å². The average Bonchev–Trinajstić information content (AvgIpc) is 2.56. The number of benzene rings is 2. The Hall–Kier alpha value is -2.24. The molecule has 0 saturated carbocycles. The first-order valence-corrected chi connectivity index (χ1v) is 7.79. The van der Waals surface area contributed by atoms with Gasteiger partial charge in [-0.15, -0.1) is 0 Å². The lowest BCUT2D eigenvalue weighted by atomic mass is 10.0. The number of hydrogen-bond acceptors (Lipinski definition) is 2. The molecule has 2 aromatic carbocycles. The van der Waals surface area contributed by atoms with E-state index in [1.807, 2.05) is 36.4 Å². The highest BCUT2D eigenvalue weighted by Gasteiger charge is 2.06. The Morgan fingerprint density at radius 2 is 1.73 bits per heavy atom. The van der Waals surface area contributed by atoms with E-state index in [-0.39, 0.29) is 0 Å². The van der Waals surface area contributed by atoms with Gasteiger partial charge in [-0.3, -0.25) is 0 Å². The van der Waals surface area contributed by atoms with Crippen LogP contribution in [0, 0.1) is 11.3 Å². The fourth-order valence-corrected chi connectivity index (χ4v) is 2.62. The van der Waals surface area contributed by atoms with Gasteiger partial charge >= 0.3 is 0 Å². The van der Waals surface area contributed by atoms with Gasteiger partial charge < -0.3 is 4.90 Å². The molecule has 22 heavy (non-hydrogen) atoms. The van der Waals surface area contributed by atoms with Gasteiger partial charge in [0.05, 0.1) is 11.6 Å². The lowest BCUT2D eigenvalue weighted by Gasteiger charge is -2.20. The molecule has 0 aliphatic heterocycles. The molecule has 0 unspecified atom stereocenters. The maximum Gasteiger partial charge on any atom is 0.0998 e. The molecular weight excluding hydrogens is 292 g/mol. The zero-order valence-electron chi connectivity index (χ0n) is 12.9. The summed E-state index contributed by atoms with van der Waals surface area (Å²) >= 11 is 6.17. The summed E-state index contributed by atoms with van der Waals surface area (Å²) in [6, 6.07) is 17.9. The van der Waals surface area contributed by atoms with E-state index in [9.17, 15) is 5.26 Å².